The van der Waals surface area contributed by atoms with E-state index in [1.165, 1.54) is 24.3 Å². The van der Waals surface area contributed by atoms with Crippen LogP contribution in [0.15, 0.2) is 93.4 Å². The van der Waals surface area contributed by atoms with Gasteiger partial charge < -0.3 is 20.6 Å². The molecule has 28 heteroatoms. The first kappa shape index (κ1) is 59.7. The molecule has 5 rings (SSSR count). The Morgan fingerprint density at radius 2 is 1.22 bits per heavy atom. The quantitative estimate of drug-likeness (QED) is 0.0321. The third-order valence-corrected chi connectivity index (χ3v) is 17.1. The first-order chi connectivity index (χ1) is 34.0. The van der Waals surface area contributed by atoms with Crippen LogP contribution in [0.5, 0.6) is 0 Å². The first-order valence-corrected chi connectivity index (χ1v) is 30.8. The van der Waals surface area contributed by atoms with Crippen molar-refractivity contribution in [3.8, 4) is 0 Å². The summed E-state index contributed by atoms with van der Waals surface area (Å²) in [6.07, 6.45) is 7.93. The van der Waals surface area contributed by atoms with Crippen LogP contribution in [0.2, 0.25) is 0 Å². The predicted octanol–water partition coefficient (Wildman–Crippen LogP) is 3.75. The Morgan fingerprint density at radius 1 is 0.649 bits per heavy atom. The van der Waals surface area contributed by atoms with Gasteiger partial charge >= 0.3 is 5.97 Å². The van der Waals surface area contributed by atoms with Crippen LogP contribution in [0.1, 0.15) is 90.2 Å². The third-order valence-electron chi connectivity index (χ3n) is 13.1. The molecule has 0 saturated heterocycles. The van der Waals surface area contributed by atoms with E-state index in [1.807, 2.05) is 0 Å². The number of carbonyl (C=O) groups excluding carboxylic acids is 2. The minimum absolute atomic E-state index is 0.0125. The maximum absolute atomic E-state index is 14.7. The second kappa shape index (κ2) is 22.6. The smallest absolute Gasteiger partial charge is 0.303 e. The summed E-state index contributed by atoms with van der Waals surface area (Å²) in [5, 5.41) is 14.3. The molecule has 74 heavy (non-hydrogen) atoms. The molecule has 408 valence electrons. The average Bonchev–Trinajstić information content (AvgIpc) is 3.60. The van der Waals surface area contributed by atoms with Gasteiger partial charge in [-0.25, -0.2) is 0 Å². The standard InChI is InChI=1S/C46H60N4O19S5/c1-44(2)35-27-33(73(64,65)66)13-15-37(35)49(21-8-23-70(55,56)57)39(44)17-11-31-26-32(30-46(29-31,43(54)48-20-25-72(61,62)63)42(53)47-19-7-5-6-10-41(51)52)12-18-40-45(3,4)36-28-34(74(67,68)69)14-16-38(36)50(40)22-9-24-71(58,59)60/h11-18,26-28H,5-10,19-25,29-30H2,1-4H3,(H7-,47,48,51,52,53,54,55,56,57,58,59,60,61,62,63,64,65,66,67,68,69)/p+1. The zero-order valence-corrected chi connectivity index (χ0v) is 45.0. The summed E-state index contributed by atoms with van der Waals surface area (Å²) in [5.74, 6) is -4.98. The Balaban J connectivity index is 1.72. The van der Waals surface area contributed by atoms with Crippen LogP contribution in [-0.4, -0.2) is 141 Å². The first-order valence-electron chi connectivity index (χ1n) is 23.1. The molecule has 0 saturated carbocycles. The van der Waals surface area contributed by atoms with Gasteiger partial charge in [0.15, 0.2) is 5.71 Å². The van der Waals surface area contributed by atoms with Crippen LogP contribution in [-0.2, 0) is 75.8 Å². The van der Waals surface area contributed by atoms with Crippen LogP contribution in [0.25, 0.3) is 0 Å². The molecule has 1 unspecified atom stereocenters. The molecule has 1 aliphatic carbocycles. The van der Waals surface area contributed by atoms with E-state index < -0.39 is 118 Å². The Hall–Kier alpha value is -5.17. The number of allylic oxidation sites excluding steroid dienone is 8. The molecule has 0 fully saturated rings. The monoisotopic (exact) mass is 1130 g/mol. The fourth-order valence-electron chi connectivity index (χ4n) is 9.44. The number of unbranched alkanes of at least 4 members (excludes halogenated alkanes) is 2. The van der Waals surface area contributed by atoms with Crippen LogP contribution in [0, 0.1) is 5.41 Å². The van der Waals surface area contributed by atoms with E-state index in [0.29, 0.717) is 64.3 Å². The molecule has 23 nitrogen and oxygen atoms in total. The number of fused-ring (bicyclic) bond motifs is 2. The van der Waals surface area contributed by atoms with Gasteiger partial charge in [-0.3, -0.25) is 37.1 Å². The minimum atomic E-state index is -4.69. The number of nitrogens with one attached hydrogen (secondary N) is 2. The van der Waals surface area contributed by atoms with E-state index in [-0.39, 0.29) is 51.7 Å². The minimum Gasteiger partial charge on any atom is -0.481 e. The fraction of sp³-hybridized carbons (Fsp3) is 0.478. The van der Waals surface area contributed by atoms with Crippen molar-refractivity contribution >= 4 is 85.5 Å². The summed E-state index contributed by atoms with van der Waals surface area (Å²) in [6, 6.07) is 7.71. The number of rotatable bonds is 24. The van der Waals surface area contributed by atoms with Gasteiger partial charge in [-0.05, 0) is 99.1 Å². The lowest BCUT2D eigenvalue weighted by Crippen LogP contribution is -2.53. The molecular weight excluding hydrogens is 1070 g/mol. The highest BCUT2D eigenvalue weighted by atomic mass is 32.2. The topological polar surface area (TPSA) is 374 Å². The number of carboxylic acids is 1. The molecule has 3 aliphatic rings. The van der Waals surface area contributed by atoms with Crippen LogP contribution >= 0.6 is 0 Å². The van der Waals surface area contributed by atoms with Crippen molar-refractivity contribution in [1.82, 2.24) is 10.6 Å². The number of carbonyl (C=O) groups is 3. The van der Waals surface area contributed by atoms with Gasteiger partial charge in [-0.15, -0.1) is 0 Å². The van der Waals surface area contributed by atoms with Crippen molar-refractivity contribution in [2.45, 2.75) is 99.7 Å². The SMILES string of the molecule is CC1(C)C(/C=C/C2=CC(=C/C=C3/N(CCCS(=O)(=O)O)c4ccc(S(=O)(=O)O)cc4C3(C)C)/CC(C(=O)NCCCCCC(=O)O)(C(=O)NCCS(=O)(=O)O)C2)=[N+](CCCS(=O)(=O)O)c2ccc(S(=O)(=O)O)cc21. The molecule has 2 aromatic carbocycles. The van der Waals surface area contributed by atoms with E-state index in [2.05, 4.69) is 10.6 Å². The van der Waals surface area contributed by atoms with Gasteiger partial charge in [0.1, 0.15) is 12.0 Å². The van der Waals surface area contributed by atoms with Gasteiger partial charge in [0.05, 0.1) is 32.5 Å². The van der Waals surface area contributed by atoms with Gasteiger partial charge in [0.2, 0.25) is 17.5 Å². The Morgan fingerprint density at radius 3 is 1.80 bits per heavy atom. The number of hydrogen-bond donors (Lipinski definition) is 8. The summed E-state index contributed by atoms with van der Waals surface area (Å²) in [7, 11) is -22.8. The Kier molecular flexibility index (Phi) is 18.2. The van der Waals surface area contributed by atoms with Gasteiger partial charge in [0, 0.05) is 67.0 Å². The predicted molar refractivity (Wildman–Crippen MR) is 271 cm³/mol. The van der Waals surface area contributed by atoms with Crippen molar-refractivity contribution in [3.63, 3.8) is 0 Å². The lowest BCUT2D eigenvalue weighted by atomic mass is 9.70. The molecule has 0 bridgehead atoms. The Labute approximate surface area is 431 Å². The number of nitrogens with zero attached hydrogens (tertiary/aromatic N) is 2. The maximum Gasteiger partial charge on any atom is 0.303 e. The second-order valence-electron chi connectivity index (χ2n) is 19.3. The van der Waals surface area contributed by atoms with E-state index in [4.69, 9.17) is 5.11 Å². The molecule has 0 radical (unpaired) electrons. The summed E-state index contributed by atoms with van der Waals surface area (Å²) in [6.45, 7) is 6.23. The van der Waals surface area contributed by atoms with Crippen LogP contribution in [0.4, 0.5) is 11.4 Å². The molecule has 2 amide bonds. The molecule has 0 spiro atoms. The summed E-state index contributed by atoms with van der Waals surface area (Å²) in [4.78, 5) is 41.2. The van der Waals surface area contributed by atoms with Crippen molar-refractivity contribution in [2.75, 3.05) is 48.3 Å². The highest BCUT2D eigenvalue weighted by Crippen LogP contribution is 2.49. The van der Waals surface area contributed by atoms with E-state index in [0.717, 1.165) is 12.1 Å². The number of hydrogen-bond acceptors (Lipinski definition) is 14. The van der Waals surface area contributed by atoms with Crippen LogP contribution in [0.3, 0.4) is 0 Å². The number of anilines is 1. The maximum atomic E-state index is 14.7. The second-order valence-corrected chi connectivity index (χ2v) is 26.9. The van der Waals surface area contributed by atoms with E-state index in [9.17, 15) is 79.2 Å². The van der Waals surface area contributed by atoms with Gasteiger partial charge in [0.25, 0.3) is 50.6 Å². The van der Waals surface area contributed by atoms with E-state index >= 15 is 0 Å². The third kappa shape index (κ3) is 15.0. The van der Waals surface area contributed by atoms with Crippen molar-refractivity contribution in [2.24, 2.45) is 5.41 Å². The zero-order chi connectivity index (χ0) is 55.5. The summed E-state index contributed by atoms with van der Waals surface area (Å²) in [5.41, 5.74) is -1.07. The zero-order valence-electron chi connectivity index (χ0n) is 40.9. The normalized spacial score (nSPS) is 20.0. The highest BCUT2D eigenvalue weighted by Gasteiger charge is 2.49. The lowest BCUT2D eigenvalue weighted by Gasteiger charge is -2.35. The highest BCUT2D eigenvalue weighted by molar-refractivity contribution is 7.86. The van der Waals surface area contributed by atoms with Crippen LogP contribution < -0.4 is 15.5 Å². The summed E-state index contributed by atoms with van der Waals surface area (Å²) < 4.78 is 170. The van der Waals surface area contributed by atoms with Gasteiger partial charge in [-0.2, -0.15) is 46.7 Å². The summed E-state index contributed by atoms with van der Waals surface area (Å²) >= 11 is 0. The fourth-order valence-corrected chi connectivity index (χ4v) is 11.8. The van der Waals surface area contributed by atoms with Crippen molar-refractivity contribution < 1.29 is 88.9 Å². The number of amides is 2. The molecule has 2 heterocycles. The van der Waals surface area contributed by atoms with Crippen molar-refractivity contribution in [3.05, 3.63) is 94.7 Å². The average molecular weight is 1130 g/mol. The molecule has 0 aromatic heterocycles. The van der Waals surface area contributed by atoms with Crippen molar-refractivity contribution in [1.29, 1.82) is 0 Å². The largest absolute Gasteiger partial charge is 0.481 e. The number of aliphatic carboxylic acids is 1. The molecule has 2 aromatic rings. The lowest BCUT2D eigenvalue weighted by molar-refractivity contribution is -0.437. The van der Waals surface area contributed by atoms with E-state index in [1.54, 1.807) is 67.6 Å². The Bertz CT molecular complexity index is 3320. The van der Waals surface area contributed by atoms with Gasteiger partial charge in [-0.1, -0.05) is 38.5 Å². The molecular formula is C46H61N4O19S5+. The molecule has 8 N–H and O–H groups in total. The number of carboxylic acid groups (broad SMARTS) is 1. The molecule has 2 aliphatic heterocycles. The molecule has 1 atom stereocenters. The number of benzene rings is 2.